The standard InChI is InChI=1S/C13H27N3S/c1-17(14-8-2-3-9-14,15-10-4-5-11-15)16-12-6-7-13-16/h2-13H2,1H3. The van der Waals surface area contributed by atoms with Gasteiger partial charge in [-0.3, -0.25) is 0 Å². The van der Waals surface area contributed by atoms with Gasteiger partial charge in [0.1, 0.15) is 0 Å². The summed E-state index contributed by atoms with van der Waals surface area (Å²) in [5, 5.41) is 0. The van der Waals surface area contributed by atoms with Crippen molar-refractivity contribution in [1.29, 1.82) is 0 Å². The third-order valence-electron chi connectivity index (χ3n) is 4.66. The number of hydrogen-bond acceptors (Lipinski definition) is 3. The first-order valence-electron chi connectivity index (χ1n) is 7.35. The van der Waals surface area contributed by atoms with E-state index < -0.39 is 10.6 Å². The Kier molecular flexibility index (Phi) is 3.67. The Hall–Kier alpha value is 0.230. The Labute approximate surface area is 108 Å². The van der Waals surface area contributed by atoms with Crippen LogP contribution in [0.2, 0.25) is 0 Å². The van der Waals surface area contributed by atoms with E-state index in [1.54, 1.807) is 0 Å². The summed E-state index contributed by atoms with van der Waals surface area (Å²) in [6.07, 6.45) is 11.1. The Morgan fingerprint density at radius 1 is 0.529 bits per heavy atom. The second kappa shape index (κ2) is 5.08. The van der Waals surface area contributed by atoms with E-state index in [1.807, 2.05) is 0 Å². The Morgan fingerprint density at radius 2 is 0.765 bits per heavy atom. The predicted molar refractivity (Wildman–Crippen MR) is 75.9 cm³/mol. The van der Waals surface area contributed by atoms with Gasteiger partial charge in [-0.2, -0.15) is 0 Å². The minimum Gasteiger partial charge on any atom is -0.245 e. The van der Waals surface area contributed by atoms with Gasteiger partial charge in [-0.15, -0.1) is 0 Å². The maximum absolute atomic E-state index is 2.84. The zero-order valence-electron chi connectivity index (χ0n) is 11.2. The zero-order chi connectivity index (χ0) is 11.7. The first-order chi connectivity index (χ1) is 8.32. The van der Waals surface area contributed by atoms with Crippen molar-refractivity contribution >= 4 is 10.6 Å². The molecular formula is C13H27N3S. The SMILES string of the molecule is CS(N1CCCC1)(N1CCCC1)N1CCCC1. The van der Waals surface area contributed by atoms with Crippen molar-refractivity contribution < 1.29 is 0 Å². The Bertz CT molecular complexity index is 213. The molecule has 17 heavy (non-hydrogen) atoms. The maximum atomic E-state index is 2.84. The van der Waals surface area contributed by atoms with Gasteiger partial charge in [0.2, 0.25) is 0 Å². The van der Waals surface area contributed by atoms with Crippen molar-refractivity contribution in [3.05, 3.63) is 0 Å². The molecule has 3 saturated heterocycles. The quantitative estimate of drug-likeness (QED) is 0.769. The predicted octanol–water partition coefficient (Wildman–Crippen LogP) is 2.45. The normalized spacial score (nSPS) is 30.4. The summed E-state index contributed by atoms with van der Waals surface area (Å²) < 4.78 is 8.51. The summed E-state index contributed by atoms with van der Waals surface area (Å²) >= 11 is 0. The molecule has 4 heteroatoms. The van der Waals surface area contributed by atoms with Crippen LogP contribution >= 0.6 is 10.6 Å². The van der Waals surface area contributed by atoms with Crippen molar-refractivity contribution in [3.63, 3.8) is 0 Å². The molecule has 3 heterocycles. The average Bonchev–Trinajstić information content (AvgIpc) is 3.10. The van der Waals surface area contributed by atoms with Gasteiger partial charge < -0.3 is 0 Å². The molecule has 3 aliphatic heterocycles. The summed E-state index contributed by atoms with van der Waals surface area (Å²) in [5.74, 6) is 0. The lowest BCUT2D eigenvalue weighted by Gasteiger charge is -2.55. The van der Waals surface area contributed by atoms with Crippen molar-refractivity contribution in [2.45, 2.75) is 38.5 Å². The summed E-state index contributed by atoms with van der Waals surface area (Å²) in [7, 11) is -0.774. The molecule has 0 aromatic carbocycles. The summed E-state index contributed by atoms with van der Waals surface area (Å²) in [5.41, 5.74) is 0. The van der Waals surface area contributed by atoms with Crippen LogP contribution in [0.25, 0.3) is 0 Å². The molecule has 3 aliphatic rings. The third kappa shape index (κ3) is 2.14. The van der Waals surface area contributed by atoms with E-state index in [9.17, 15) is 0 Å². The molecular weight excluding hydrogens is 230 g/mol. The van der Waals surface area contributed by atoms with Crippen LogP contribution in [-0.4, -0.2) is 58.4 Å². The summed E-state index contributed by atoms with van der Waals surface area (Å²) in [6.45, 7) is 8.08. The molecule has 0 aromatic heterocycles. The lowest BCUT2D eigenvalue weighted by Crippen LogP contribution is -2.46. The van der Waals surface area contributed by atoms with E-state index in [0.717, 1.165) is 0 Å². The zero-order valence-corrected chi connectivity index (χ0v) is 12.1. The van der Waals surface area contributed by atoms with E-state index in [4.69, 9.17) is 0 Å². The first kappa shape index (κ1) is 12.3. The largest absolute Gasteiger partial charge is 0.245 e. The Morgan fingerprint density at radius 3 is 1.00 bits per heavy atom. The van der Waals surface area contributed by atoms with Crippen LogP contribution in [0.15, 0.2) is 0 Å². The van der Waals surface area contributed by atoms with Crippen LogP contribution in [0, 0.1) is 0 Å². The van der Waals surface area contributed by atoms with Crippen molar-refractivity contribution in [2.24, 2.45) is 0 Å². The fraction of sp³-hybridized carbons (Fsp3) is 1.00. The molecule has 0 aromatic rings. The van der Waals surface area contributed by atoms with E-state index in [-0.39, 0.29) is 0 Å². The lowest BCUT2D eigenvalue weighted by atomic mass is 10.4. The van der Waals surface area contributed by atoms with E-state index in [1.165, 1.54) is 77.8 Å². The van der Waals surface area contributed by atoms with E-state index in [2.05, 4.69) is 19.2 Å². The van der Waals surface area contributed by atoms with Crippen molar-refractivity contribution in [3.8, 4) is 0 Å². The Balaban J connectivity index is 1.81. The monoisotopic (exact) mass is 257 g/mol. The highest BCUT2D eigenvalue weighted by Crippen LogP contribution is 2.58. The fourth-order valence-corrected chi connectivity index (χ4v) is 7.42. The molecule has 0 aliphatic carbocycles. The molecule has 0 spiro atoms. The second-order valence-corrected chi connectivity index (χ2v) is 8.84. The average molecular weight is 257 g/mol. The highest BCUT2D eigenvalue weighted by molar-refractivity contribution is 8.27. The molecule has 0 bridgehead atoms. The number of hydrogen-bond donors (Lipinski definition) is 0. The smallest absolute Gasteiger partial charge is 0.00970 e. The van der Waals surface area contributed by atoms with Gasteiger partial charge in [0.15, 0.2) is 0 Å². The van der Waals surface area contributed by atoms with Gasteiger partial charge in [-0.1, -0.05) is 10.6 Å². The molecule has 100 valence electrons. The molecule has 0 radical (unpaired) electrons. The van der Waals surface area contributed by atoms with Crippen LogP contribution in [0.4, 0.5) is 0 Å². The van der Waals surface area contributed by atoms with Gasteiger partial charge in [-0.05, 0) is 38.5 Å². The highest BCUT2D eigenvalue weighted by Gasteiger charge is 2.41. The number of nitrogens with zero attached hydrogens (tertiary/aromatic N) is 3. The maximum Gasteiger partial charge on any atom is 0.00970 e. The molecule has 0 N–H and O–H groups in total. The summed E-state index contributed by atoms with van der Waals surface area (Å²) in [4.78, 5) is 0. The molecule has 0 amide bonds. The van der Waals surface area contributed by atoms with Crippen LogP contribution < -0.4 is 0 Å². The third-order valence-corrected chi connectivity index (χ3v) is 8.69. The van der Waals surface area contributed by atoms with Crippen LogP contribution in [0.3, 0.4) is 0 Å². The minimum absolute atomic E-state index is 0.774. The van der Waals surface area contributed by atoms with Crippen molar-refractivity contribution in [2.75, 3.05) is 45.5 Å². The van der Waals surface area contributed by atoms with Crippen LogP contribution in [-0.2, 0) is 0 Å². The van der Waals surface area contributed by atoms with Gasteiger partial charge in [-0.25, -0.2) is 12.9 Å². The summed E-state index contributed by atoms with van der Waals surface area (Å²) in [6, 6.07) is 0. The lowest BCUT2D eigenvalue weighted by molar-refractivity contribution is 0.408. The topological polar surface area (TPSA) is 9.72 Å². The second-order valence-electron chi connectivity index (χ2n) is 5.70. The van der Waals surface area contributed by atoms with Gasteiger partial charge in [0, 0.05) is 45.5 Å². The van der Waals surface area contributed by atoms with Crippen LogP contribution in [0.5, 0.6) is 0 Å². The number of rotatable bonds is 3. The van der Waals surface area contributed by atoms with E-state index in [0.29, 0.717) is 0 Å². The van der Waals surface area contributed by atoms with Gasteiger partial charge >= 0.3 is 0 Å². The van der Waals surface area contributed by atoms with Gasteiger partial charge in [0.05, 0.1) is 0 Å². The van der Waals surface area contributed by atoms with Crippen molar-refractivity contribution in [1.82, 2.24) is 12.9 Å². The van der Waals surface area contributed by atoms with Gasteiger partial charge in [0.25, 0.3) is 0 Å². The molecule has 3 rings (SSSR count). The first-order valence-corrected chi connectivity index (χ1v) is 9.27. The molecule has 3 nitrogen and oxygen atoms in total. The molecule has 0 atom stereocenters. The molecule has 3 fully saturated rings. The molecule has 0 unspecified atom stereocenters. The molecule has 0 saturated carbocycles. The van der Waals surface area contributed by atoms with E-state index >= 15 is 0 Å². The highest BCUT2D eigenvalue weighted by atomic mass is 32.3. The minimum atomic E-state index is -0.774. The fourth-order valence-electron chi connectivity index (χ4n) is 3.59. The van der Waals surface area contributed by atoms with Crippen LogP contribution in [0.1, 0.15) is 38.5 Å².